The molecule has 0 aliphatic carbocycles. The Kier molecular flexibility index (Phi) is 4.50. The van der Waals surface area contributed by atoms with Crippen LogP contribution in [-0.2, 0) is 0 Å². The fourth-order valence-corrected chi connectivity index (χ4v) is 1.37. The van der Waals surface area contributed by atoms with Gasteiger partial charge in [-0.1, -0.05) is 27.7 Å². The van der Waals surface area contributed by atoms with Gasteiger partial charge in [-0.15, -0.1) is 0 Å². The first kappa shape index (κ1) is 15.4. The van der Waals surface area contributed by atoms with E-state index in [-0.39, 0.29) is 16.9 Å². The van der Waals surface area contributed by atoms with Crippen LogP contribution >= 0.6 is 0 Å². The van der Waals surface area contributed by atoms with Crippen molar-refractivity contribution in [3.05, 3.63) is 29.3 Å². The molecule has 0 saturated heterocycles. The molecule has 0 aromatic heterocycles. The zero-order chi connectivity index (χ0) is 14.8. The lowest BCUT2D eigenvalue weighted by Gasteiger charge is -2.27. The molecule has 1 unspecified atom stereocenters. The molecule has 1 aromatic rings. The summed E-state index contributed by atoms with van der Waals surface area (Å²) in [5.74, 6) is -2.11. The van der Waals surface area contributed by atoms with Crippen LogP contribution in [-0.4, -0.2) is 12.5 Å². The number of halogens is 2. The number of amides is 1. The Bertz CT molecular complexity index is 458. The summed E-state index contributed by atoms with van der Waals surface area (Å²) in [6.07, 6.45) is 0. The Balaban J connectivity index is 2.75. The van der Waals surface area contributed by atoms with Crippen LogP contribution in [0.1, 0.15) is 38.1 Å². The predicted molar refractivity (Wildman–Crippen MR) is 71.7 cm³/mol. The predicted octanol–water partition coefficient (Wildman–Crippen LogP) is 2.96. The molecule has 0 spiro atoms. The highest BCUT2D eigenvalue weighted by Gasteiger charge is 2.21. The molecule has 0 saturated carbocycles. The van der Waals surface area contributed by atoms with E-state index in [4.69, 9.17) is 5.73 Å². The largest absolute Gasteiger partial charge is 0.394 e. The molecule has 0 aliphatic heterocycles. The van der Waals surface area contributed by atoms with E-state index in [1.54, 1.807) is 0 Å². The quantitative estimate of drug-likeness (QED) is 0.830. The number of rotatable bonds is 3. The molecule has 3 nitrogen and oxygen atoms in total. The summed E-state index contributed by atoms with van der Waals surface area (Å²) in [6, 6.07) is 1.88. The minimum Gasteiger partial charge on any atom is -0.394 e. The molecule has 0 radical (unpaired) electrons. The first-order valence-corrected chi connectivity index (χ1v) is 6.15. The van der Waals surface area contributed by atoms with E-state index in [0.29, 0.717) is 6.54 Å². The molecular formula is C14H20F2N2O. The monoisotopic (exact) mass is 270 g/mol. The van der Waals surface area contributed by atoms with E-state index in [1.807, 2.05) is 6.92 Å². The molecule has 3 N–H and O–H groups in total. The number of anilines is 1. The summed E-state index contributed by atoms with van der Waals surface area (Å²) in [5.41, 5.74) is 4.56. The van der Waals surface area contributed by atoms with Gasteiger partial charge in [0.25, 0.3) is 5.91 Å². The maximum absolute atomic E-state index is 13.2. The van der Waals surface area contributed by atoms with Gasteiger partial charge in [0.1, 0.15) is 17.3 Å². The van der Waals surface area contributed by atoms with Crippen LogP contribution < -0.4 is 11.1 Å². The molecule has 1 atom stereocenters. The highest BCUT2D eigenvalue weighted by Crippen LogP contribution is 2.24. The highest BCUT2D eigenvalue weighted by atomic mass is 19.1. The molecule has 0 bridgehead atoms. The van der Waals surface area contributed by atoms with E-state index < -0.39 is 23.2 Å². The summed E-state index contributed by atoms with van der Waals surface area (Å²) in [6.45, 7) is 8.63. The van der Waals surface area contributed by atoms with Crippen LogP contribution in [0, 0.1) is 23.0 Å². The van der Waals surface area contributed by atoms with E-state index in [2.05, 4.69) is 26.1 Å². The molecule has 106 valence electrons. The van der Waals surface area contributed by atoms with Crippen molar-refractivity contribution in [2.75, 3.05) is 12.3 Å². The molecule has 1 rings (SSSR count). The van der Waals surface area contributed by atoms with Crippen LogP contribution in [0.5, 0.6) is 0 Å². The van der Waals surface area contributed by atoms with Gasteiger partial charge in [-0.3, -0.25) is 4.79 Å². The van der Waals surface area contributed by atoms with Gasteiger partial charge in [0, 0.05) is 12.1 Å². The normalized spacial score (nSPS) is 13.2. The van der Waals surface area contributed by atoms with Crippen molar-refractivity contribution in [2.24, 2.45) is 11.3 Å². The van der Waals surface area contributed by atoms with E-state index >= 15 is 0 Å². The third-order valence-corrected chi connectivity index (χ3v) is 3.39. The maximum Gasteiger partial charge on any atom is 0.251 e. The Morgan fingerprint density at radius 2 is 1.79 bits per heavy atom. The number of carbonyl (C=O) groups is 1. The average molecular weight is 270 g/mol. The van der Waals surface area contributed by atoms with Crippen LogP contribution in [0.3, 0.4) is 0 Å². The summed E-state index contributed by atoms with van der Waals surface area (Å²) >= 11 is 0. The zero-order valence-corrected chi connectivity index (χ0v) is 11.7. The molecule has 5 heteroatoms. The van der Waals surface area contributed by atoms with Gasteiger partial charge >= 0.3 is 0 Å². The summed E-state index contributed by atoms with van der Waals surface area (Å²) in [4.78, 5) is 11.8. The van der Waals surface area contributed by atoms with Crippen LogP contribution in [0.4, 0.5) is 14.5 Å². The smallest absolute Gasteiger partial charge is 0.251 e. The van der Waals surface area contributed by atoms with Crippen molar-refractivity contribution in [1.82, 2.24) is 5.32 Å². The van der Waals surface area contributed by atoms with Crippen molar-refractivity contribution in [3.8, 4) is 0 Å². The molecule has 0 fully saturated rings. The van der Waals surface area contributed by atoms with Crippen LogP contribution in [0.25, 0.3) is 0 Å². The van der Waals surface area contributed by atoms with Gasteiger partial charge in [-0.25, -0.2) is 8.78 Å². The van der Waals surface area contributed by atoms with Crippen molar-refractivity contribution in [3.63, 3.8) is 0 Å². The van der Waals surface area contributed by atoms with Crippen LogP contribution in [0.2, 0.25) is 0 Å². The average Bonchev–Trinajstić information content (AvgIpc) is 2.30. The molecule has 0 aliphatic rings. The lowest BCUT2D eigenvalue weighted by atomic mass is 9.82. The van der Waals surface area contributed by atoms with Gasteiger partial charge in [-0.2, -0.15) is 0 Å². The Morgan fingerprint density at radius 1 is 1.32 bits per heavy atom. The Morgan fingerprint density at radius 3 is 2.21 bits per heavy atom. The van der Waals surface area contributed by atoms with E-state index in [9.17, 15) is 13.6 Å². The van der Waals surface area contributed by atoms with Crippen molar-refractivity contribution < 1.29 is 13.6 Å². The molecule has 0 heterocycles. The van der Waals surface area contributed by atoms with Gasteiger partial charge < -0.3 is 11.1 Å². The van der Waals surface area contributed by atoms with Gasteiger partial charge in [0.2, 0.25) is 0 Å². The lowest BCUT2D eigenvalue weighted by molar-refractivity contribution is 0.0936. The second-order valence-corrected chi connectivity index (χ2v) is 5.83. The summed E-state index contributed by atoms with van der Waals surface area (Å²) in [7, 11) is 0. The second kappa shape index (κ2) is 5.55. The summed E-state index contributed by atoms with van der Waals surface area (Å²) in [5, 5.41) is 2.67. The standard InChI is InChI=1S/C14H20F2N2O/c1-8(14(2,3)4)7-18-13(19)9-5-10(15)12(17)11(16)6-9/h5-6,8H,7,17H2,1-4H3,(H,18,19). The minimum absolute atomic E-state index is 0.0465. The van der Waals surface area contributed by atoms with E-state index in [1.165, 1.54) is 0 Å². The SMILES string of the molecule is CC(CNC(=O)c1cc(F)c(N)c(F)c1)C(C)(C)C. The highest BCUT2D eigenvalue weighted by molar-refractivity contribution is 5.94. The number of hydrogen-bond acceptors (Lipinski definition) is 2. The summed E-state index contributed by atoms with van der Waals surface area (Å²) < 4.78 is 26.5. The zero-order valence-electron chi connectivity index (χ0n) is 11.7. The first-order valence-electron chi connectivity index (χ1n) is 6.15. The minimum atomic E-state index is -0.922. The van der Waals surface area contributed by atoms with Crippen molar-refractivity contribution in [2.45, 2.75) is 27.7 Å². The van der Waals surface area contributed by atoms with Gasteiger partial charge in [0.05, 0.1) is 0 Å². The van der Waals surface area contributed by atoms with Gasteiger partial charge in [-0.05, 0) is 23.5 Å². The molecular weight excluding hydrogens is 250 g/mol. The fraction of sp³-hybridized carbons (Fsp3) is 0.500. The van der Waals surface area contributed by atoms with E-state index in [0.717, 1.165) is 12.1 Å². The molecule has 1 amide bonds. The number of nitrogens with one attached hydrogen (secondary N) is 1. The second-order valence-electron chi connectivity index (χ2n) is 5.83. The molecule has 1 aromatic carbocycles. The number of hydrogen-bond donors (Lipinski definition) is 2. The third kappa shape index (κ3) is 3.91. The molecule has 19 heavy (non-hydrogen) atoms. The lowest BCUT2D eigenvalue weighted by Crippen LogP contribution is -2.33. The fourth-order valence-electron chi connectivity index (χ4n) is 1.37. The number of benzene rings is 1. The topological polar surface area (TPSA) is 55.1 Å². The Labute approximate surface area is 112 Å². The van der Waals surface area contributed by atoms with Gasteiger partial charge in [0.15, 0.2) is 0 Å². The van der Waals surface area contributed by atoms with Crippen molar-refractivity contribution in [1.29, 1.82) is 0 Å². The van der Waals surface area contributed by atoms with Crippen LogP contribution in [0.15, 0.2) is 12.1 Å². The third-order valence-electron chi connectivity index (χ3n) is 3.39. The van der Waals surface area contributed by atoms with Crippen molar-refractivity contribution >= 4 is 11.6 Å². The Hall–Kier alpha value is -1.65. The number of carbonyl (C=O) groups excluding carboxylic acids is 1. The number of nitrogens with two attached hydrogens (primary N) is 1. The first-order chi connectivity index (χ1) is 8.62. The number of nitrogen functional groups attached to an aromatic ring is 1. The maximum atomic E-state index is 13.2.